The molecule has 3 rings (SSSR count). The number of pyridine rings is 1. The van der Waals surface area contributed by atoms with Gasteiger partial charge in [-0.2, -0.15) is 0 Å². The average molecular weight is 348 g/mol. The van der Waals surface area contributed by atoms with Crippen LogP contribution in [0.5, 0.6) is 0 Å². The summed E-state index contributed by atoms with van der Waals surface area (Å²) in [5.41, 5.74) is 6.75. The number of nitrogens with zero attached hydrogens (tertiary/aromatic N) is 2. The molecule has 1 amide bonds. The highest BCUT2D eigenvalue weighted by atomic mass is 35.5. The van der Waals surface area contributed by atoms with Crippen molar-refractivity contribution < 1.29 is 9.53 Å². The molecule has 0 atom stereocenters. The van der Waals surface area contributed by atoms with Crippen LogP contribution in [-0.4, -0.2) is 48.1 Å². The third-order valence-electron chi connectivity index (χ3n) is 4.38. The molecule has 1 aliphatic rings. The zero-order chi connectivity index (χ0) is 16.9. The largest absolute Gasteiger partial charge is 0.378 e. The molecule has 5 nitrogen and oxygen atoms in total. The summed E-state index contributed by atoms with van der Waals surface area (Å²) in [6.07, 6.45) is 4.50. The molecule has 24 heavy (non-hydrogen) atoms. The van der Waals surface area contributed by atoms with Gasteiger partial charge in [0.05, 0.1) is 22.2 Å². The standard InChI is InChI=1S/C18H22ClN3O2/c19-16-5-4-15(17-14(16)3-1-9-21-17)18(23)22-10-6-13(7-11-22)24-12-2-8-20/h1,3-5,9,13H,2,6-8,10-12,20H2. The molecule has 2 heterocycles. The van der Waals surface area contributed by atoms with Crippen LogP contribution in [-0.2, 0) is 4.74 Å². The third kappa shape index (κ3) is 3.69. The van der Waals surface area contributed by atoms with Gasteiger partial charge in [-0.15, -0.1) is 0 Å². The summed E-state index contributed by atoms with van der Waals surface area (Å²) in [5.74, 6) is 0.00998. The van der Waals surface area contributed by atoms with Gasteiger partial charge in [0.25, 0.3) is 5.91 Å². The summed E-state index contributed by atoms with van der Waals surface area (Å²) in [6.45, 7) is 2.74. The number of hydrogen-bond acceptors (Lipinski definition) is 4. The molecule has 0 unspecified atom stereocenters. The number of aromatic nitrogens is 1. The second-order valence-corrected chi connectivity index (χ2v) is 6.41. The van der Waals surface area contributed by atoms with Gasteiger partial charge in [0, 0.05) is 31.3 Å². The number of nitrogens with two attached hydrogens (primary N) is 1. The Labute approximate surface area is 146 Å². The van der Waals surface area contributed by atoms with E-state index in [9.17, 15) is 4.79 Å². The van der Waals surface area contributed by atoms with E-state index in [1.165, 1.54) is 0 Å². The average Bonchev–Trinajstić information content (AvgIpc) is 2.63. The molecular weight excluding hydrogens is 326 g/mol. The van der Waals surface area contributed by atoms with E-state index in [1.807, 2.05) is 17.0 Å². The van der Waals surface area contributed by atoms with Crippen molar-refractivity contribution in [3.63, 3.8) is 0 Å². The molecule has 1 aliphatic heterocycles. The number of piperidine rings is 1. The van der Waals surface area contributed by atoms with E-state index < -0.39 is 0 Å². The van der Waals surface area contributed by atoms with Crippen LogP contribution in [0.4, 0.5) is 0 Å². The fourth-order valence-electron chi connectivity index (χ4n) is 3.04. The van der Waals surface area contributed by atoms with Crippen molar-refractivity contribution in [2.24, 2.45) is 5.73 Å². The molecule has 0 spiro atoms. The summed E-state index contributed by atoms with van der Waals surface area (Å²) in [7, 11) is 0. The van der Waals surface area contributed by atoms with Crippen LogP contribution in [0.25, 0.3) is 10.9 Å². The van der Waals surface area contributed by atoms with Crippen LogP contribution in [0.3, 0.4) is 0 Å². The predicted molar refractivity (Wildman–Crippen MR) is 95.3 cm³/mol. The lowest BCUT2D eigenvalue weighted by Crippen LogP contribution is -2.41. The maximum Gasteiger partial charge on any atom is 0.256 e. The van der Waals surface area contributed by atoms with Gasteiger partial charge < -0.3 is 15.4 Å². The maximum atomic E-state index is 12.9. The van der Waals surface area contributed by atoms with Crippen molar-refractivity contribution in [1.82, 2.24) is 9.88 Å². The molecule has 1 aromatic carbocycles. The molecule has 1 fully saturated rings. The summed E-state index contributed by atoms with van der Waals surface area (Å²) in [6, 6.07) is 7.25. The molecule has 0 aliphatic carbocycles. The van der Waals surface area contributed by atoms with Crippen LogP contribution in [0.1, 0.15) is 29.6 Å². The van der Waals surface area contributed by atoms with Crippen LogP contribution in [0.2, 0.25) is 5.02 Å². The second kappa shape index (κ2) is 7.92. The Bertz CT molecular complexity index is 714. The Morgan fingerprint density at radius 1 is 1.33 bits per heavy atom. The van der Waals surface area contributed by atoms with Crippen molar-refractivity contribution in [3.05, 3.63) is 41.0 Å². The highest BCUT2D eigenvalue weighted by Gasteiger charge is 2.25. The second-order valence-electron chi connectivity index (χ2n) is 6.00. The topological polar surface area (TPSA) is 68.5 Å². The SMILES string of the molecule is NCCCOC1CCN(C(=O)c2ccc(Cl)c3cccnc23)CC1. The highest BCUT2D eigenvalue weighted by Crippen LogP contribution is 2.26. The van der Waals surface area contributed by atoms with E-state index in [0.717, 1.165) is 24.6 Å². The number of fused-ring (bicyclic) bond motifs is 1. The Balaban J connectivity index is 1.69. The smallest absolute Gasteiger partial charge is 0.256 e. The zero-order valence-electron chi connectivity index (χ0n) is 13.6. The maximum absolute atomic E-state index is 12.9. The number of halogens is 1. The minimum atomic E-state index is 0.00998. The molecule has 2 N–H and O–H groups in total. The van der Waals surface area contributed by atoms with Gasteiger partial charge >= 0.3 is 0 Å². The van der Waals surface area contributed by atoms with Crippen molar-refractivity contribution in [1.29, 1.82) is 0 Å². The molecule has 128 valence electrons. The van der Waals surface area contributed by atoms with Crippen molar-refractivity contribution in [2.45, 2.75) is 25.4 Å². The van der Waals surface area contributed by atoms with E-state index in [0.29, 0.717) is 42.3 Å². The number of hydrogen-bond donors (Lipinski definition) is 1. The molecule has 6 heteroatoms. The van der Waals surface area contributed by atoms with E-state index >= 15 is 0 Å². The number of ether oxygens (including phenoxy) is 1. The van der Waals surface area contributed by atoms with Gasteiger partial charge in [-0.05, 0) is 50.1 Å². The van der Waals surface area contributed by atoms with Gasteiger partial charge in [-0.3, -0.25) is 9.78 Å². The summed E-state index contributed by atoms with van der Waals surface area (Å²) in [5, 5.41) is 1.42. The molecule has 0 radical (unpaired) electrons. The summed E-state index contributed by atoms with van der Waals surface area (Å²) in [4.78, 5) is 19.1. The van der Waals surface area contributed by atoms with E-state index in [4.69, 9.17) is 22.1 Å². The molecule has 0 saturated carbocycles. The first kappa shape index (κ1) is 17.1. The van der Waals surface area contributed by atoms with Crippen molar-refractivity contribution >= 4 is 28.4 Å². The summed E-state index contributed by atoms with van der Waals surface area (Å²) < 4.78 is 5.80. The van der Waals surface area contributed by atoms with Crippen LogP contribution < -0.4 is 5.73 Å². The summed E-state index contributed by atoms with van der Waals surface area (Å²) >= 11 is 6.21. The number of benzene rings is 1. The van der Waals surface area contributed by atoms with Gasteiger partial charge in [-0.1, -0.05) is 11.6 Å². The lowest BCUT2D eigenvalue weighted by molar-refractivity contribution is 0.00849. The molecule has 1 aromatic heterocycles. The lowest BCUT2D eigenvalue weighted by Gasteiger charge is -2.32. The van der Waals surface area contributed by atoms with Crippen LogP contribution >= 0.6 is 11.6 Å². The van der Waals surface area contributed by atoms with Crippen LogP contribution in [0.15, 0.2) is 30.5 Å². The highest BCUT2D eigenvalue weighted by molar-refractivity contribution is 6.36. The fourth-order valence-corrected chi connectivity index (χ4v) is 3.26. The number of likely N-dealkylation sites (tertiary alicyclic amines) is 1. The molecule has 1 saturated heterocycles. The van der Waals surface area contributed by atoms with E-state index in [1.54, 1.807) is 18.3 Å². The first-order valence-electron chi connectivity index (χ1n) is 8.35. The van der Waals surface area contributed by atoms with Crippen molar-refractivity contribution in [3.8, 4) is 0 Å². The Morgan fingerprint density at radius 3 is 2.88 bits per heavy atom. The van der Waals surface area contributed by atoms with Gasteiger partial charge in [-0.25, -0.2) is 0 Å². The lowest BCUT2D eigenvalue weighted by atomic mass is 10.0. The quantitative estimate of drug-likeness (QED) is 0.844. The number of amides is 1. The Hall–Kier alpha value is -1.69. The monoisotopic (exact) mass is 347 g/mol. The van der Waals surface area contributed by atoms with Crippen LogP contribution in [0, 0.1) is 0 Å². The van der Waals surface area contributed by atoms with Gasteiger partial charge in [0.15, 0.2) is 0 Å². The minimum absolute atomic E-state index is 0.00998. The van der Waals surface area contributed by atoms with E-state index in [-0.39, 0.29) is 12.0 Å². The number of carbonyl (C=O) groups is 1. The predicted octanol–water partition coefficient (Wildman–Crippen LogP) is 2.86. The molecule has 0 bridgehead atoms. The van der Waals surface area contributed by atoms with Gasteiger partial charge in [0.2, 0.25) is 0 Å². The number of carbonyl (C=O) groups excluding carboxylic acids is 1. The molecule has 2 aromatic rings. The third-order valence-corrected chi connectivity index (χ3v) is 4.71. The zero-order valence-corrected chi connectivity index (χ0v) is 14.3. The minimum Gasteiger partial charge on any atom is -0.378 e. The number of rotatable bonds is 5. The fraction of sp³-hybridized carbons (Fsp3) is 0.444. The molecular formula is C18H22ClN3O2. The van der Waals surface area contributed by atoms with Gasteiger partial charge in [0.1, 0.15) is 0 Å². The normalized spacial score (nSPS) is 15.8. The first-order valence-corrected chi connectivity index (χ1v) is 8.72. The Kier molecular flexibility index (Phi) is 5.66. The Morgan fingerprint density at radius 2 is 2.12 bits per heavy atom. The van der Waals surface area contributed by atoms with E-state index in [2.05, 4.69) is 4.98 Å². The first-order chi connectivity index (χ1) is 11.7. The van der Waals surface area contributed by atoms with Crippen molar-refractivity contribution in [2.75, 3.05) is 26.2 Å².